The van der Waals surface area contributed by atoms with Crippen LogP contribution in [-0.2, 0) is 24.2 Å². The molecule has 0 saturated carbocycles. The van der Waals surface area contributed by atoms with E-state index in [-0.39, 0.29) is 36.5 Å². The number of methoxy groups -OCH3 is 1. The van der Waals surface area contributed by atoms with Crippen molar-refractivity contribution in [3.63, 3.8) is 0 Å². The summed E-state index contributed by atoms with van der Waals surface area (Å²) in [6.07, 6.45) is 3.46. The molecule has 0 saturated heterocycles. The van der Waals surface area contributed by atoms with Crippen LogP contribution in [0.5, 0.6) is 0 Å². The smallest absolute Gasteiger partial charge is 0.0781 e. The second-order valence-electron chi connectivity index (χ2n) is 0.705. The van der Waals surface area contributed by atoms with E-state index >= 15 is 0 Å². The molecule has 0 aromatic carbocycles. The average Bonchev–Trinajstić information content (AvgIpc) is 1.41. The van der Waals surface area contributed by atoms with Crippen molar-refractivity contribution < 1.29 is 41.2 Å². The van der Waals surface area contributed by atoms with Crippen molar-refractivity contribution in [1.82, 2.24) is 0 Å². The van der Waals surface area contributed by atoms with E-state index < -0.39 is 0 Å². The predicted molar refractivity (Wildman–Crippen MR) is 21.8 cm³/mol. The summed E-state index contributed by atoms with van der Waals surface area (Å²) >= 11 is 0. The van der Waals surface area contributed by atoms with Crippen LogP contribution in [0.15, 0.2) is 12.3 Å². The predicted octanol–water partition coefficient (Wildman–Crippen LogP) is -1.83. The molecule has 40 valence electrons. The van der Waals surface area contributed by atoms with Gasteiger partial charge in [-0.25, -0.2) is 0 Å². The Labute approximate surface area is 67.7 Å². The molecule has 0 amide bonds. The fourth-order valence-electron chi connectivity index (χ4n) is 0.136. The zero-order valence-corrected chi connectivity index (χ0v) is 9.20. The zero-order valence-electron chi connectivity index (χ0n) is 4.65. The summed E-state index contributed by atoms with van der Waals surface area (Å²) in [7, 11) is 1.62. The number of hydrogen-bond acceptors (Lipinski definition) is 1. The normalized spacial score (nSPS) is 6.57. The summed E-state index contributed by atoms with van der Waals surface area (Å²) in [6.45, 7) is 1.91. The molecule has 3 heteroatoms. The fraction of sp³-hybridized carbons (Fsp3) is 0.500. The van der Waals surface area contributed by atoms with Crippen molar-refractivity contribution in [1.29, 1.82) is 0 Å². The van der Waals surface area contributed by atoms with Crippen molar-refractivity contribution in [2.75, 3.05) is 7.11 Å². The third kappa shape index (κ3) is 20.5. The van der Waals surface area contributed by atoms with Gasteiger partial charge in [-0.3, -0.25) is 0 Å². The largest absolute Gasteiger partial charge is 1.00 e. The molecule has 7 heavy (non-hydrogen) atoms. The minimum absolute atomic E-state index is 0. The van der Waals surface area contributed by atoms with Gasteiger partial charge in [0, 0.05) is 19.5 Å². The summed E-state index contributed by atoms with van der Waals surface area (Å²) in [4.78, 5) is 0. The maximum Gasteiger partial charge on any atom is 0.0781 e. The van der Waals surface area contributed by atoms with Crippen LogP contribution < -0.4 is 17.0 Å². The van der Waals surface area contributed by atoms with Crippen LogP contribution in [-0.4, -0.2) is 7.11 Å². The molecular formula is C4H8BrOZn-. The van der Waals surface area contributed by atoms with E-state index in [4.69, 9.17) is 0 Å². The fourth-order valence-corrected chi connectivity index (χ4v) is 0.136. The Hall–Kier alpha value is 0.643. The maximum absolute atomic E-state index is 4.51. The Bertz CT molecular complexity index is 38.7. The topological polar surface area (TPSA) is 9.23 Å². The first-order chi connectivity index (χ1) is 2.41. The van der Waals surface area contributed by atoms with Gasteiger partial charge < -0.3 is 21.7 Å². The third-order valence-electron chi connectivity index (χ3n) is 0.272. The average molecular weight is 217 g/mol. The Morgan fingerprint density at radius 1 is 1.43 bits per heavy atom. The van der Waals surface area contributed by atoms with E-state index in [0.29, 0.717) is 0 Å². The van der Waals surface area contributed by atoms with Gasteiger partial charge in [0.25, 0.3) is 0 Å². The van der Waals surface area contributed by atoms with Crippen molar-refractivity contribution in [3.8, 4) is 0 Å². The van der Waals surface area contributed by atoms with E-state index in [2.05, 4.69) is 4.74 Å². The van der Waals surface area contributed by atoms with Crippen molar-refractivity contribution in [2.24, 2.45) is 0 Å². The summed E-state index contributed by atoms with van der Waals surface area (Å²) < 4.78 is 4.51. The van der Waals surface area contributed by atoms with E-state index in [9.17, 15) is 0 Å². The van der Waals surface area contributed by atoms with E-state index in [1.54, 1.807) is 13.4 Å². The molecule has 0 aromatic rings. The molecule has 0 fully saturated rings. The van der Waals surface area contributed by atoms with Gasteiger partial charge in [0.1, 0.15) is 0 Å². The molecule has 0 aliphatic carbocycles. The molecule has 0 radical (unpaired) electrons. The SMILES string of the molecule is C/C=C/OC.[Br-].[Zn]. The van der Waals surface area contributed by atoms with E-state index in [1.807, 2.05) is 13.0 Å². The first-order valence-corrected chi connectivity index (χ1v) is 1.55. The van der Waals surface area contributed by atoms with Crippen LogP contribution >= 0.6 is 0 Å². The monoisotopic (exact) mass is 215 g/mol. The van der Waals surface area contributed by atoms with Gasteiger partial charge in [0.05, 0.1) is 13.4 Å². The molecule has 0 N–H and O–H groups in total. The summed E-state index contributed by atoms with van der Waals surface area (Å²) in [6, 6.07) is 0. The summed E-state index contributed by atoms with van der Waals surface area (Å²) in [5, 5.41) is 0. The number of rotatable bonds is 1. The molecule has 0 spiro atoms. The van der Waals surface area contributed by atoms with Crippen molar-refractivity contribution >= 4 is 0 Å². The summed E-state index contributed by atoms with van der Waals surface area (Å²) in [5.41, 5.74) is 0. The molecule has 0 aliphatic rings. The van der Waals surface area contributed by atoms with Gasteiger partial charge in [0.2, 0.25) is 0 Å². The second-order valence-corrected chi connectivity index (χ2v) is 0.705. The zero-order chi connectivity index (χ0) is 4.12. The van der Waals surface area contributed by atoms with Crippen molar-refractivity contribution in [2.45, 2.75) is 6.92 Å². The second kappa shape index (κ2) is 15.9. The van der Waals surface area contributed by atoms with Gasteiger partial charge in [0.15, 0.2) is 0 Å². The van der Waals surface area contributed by atoms with Crippen LogP contribution in [0.2, 0.25) is 0 Å². The maximum atomic E-state index is 4.51. The minimum atomic E-state index is 0. The number of ether oxygens (including phenoxy) is 1. The van der Waals surface area contributed by atoms with Crippen LogP contribution in [0.25, 0.3) is 0 Å². The molecule has 0 bridgehead atoms. The van der Waals surface area contributed by atoms with Crippen LogP contribution in [0.4, 0.5) is 0 Å². The molecule has 0 aliphatic heterocycles. The Kier molecular flexibility index (Phi) is 35.6. The molecule has 0 rings (SSSR count). The molecular weight excluding hydrogens is 209 g/mol. The molecule has 0 heterocycles. The molecule has 0 aromatic heterocycles. The number of halogens is 1. The Balaban J connectivity index is -0.0000000800. The van der Waals surface area contributed by atoms with E-state index in [0.717, 1.165) is 0 Å². The number of hydrogen-bond donors (Lipinski definition) is 0. The number of allylic oxidation sites excluding steroid dienone is 1. The van der Waals surface area contributed by atoms with Gasteiger partial charge in [-0.2, -0.15) is 0 Å². The van der Waals surface area contributed by atoms with Gasteiger partial charge in [-0.05, 0) is 6.92 Å². The molecule has 0 atom stereocenters. The molecule has 0 unspecified atom stereocenters. The van der Waals surface area contributed by atoms with Gasteiger partial charge >= 0.3 is 0 Å². The van der Waals surface area contributed by atoms with Gasteiger partial charge in [-0.1, -0.05) is 6.08 Å². The summed E-state index contributed by atoms with van der Waals surface area (Å²) in [5.74, 6) is 0. The van der Waals surface area contributed by atoms with Crippen LogP contribution in [0, 0.1) is 0 Å². The first kappa shape index (κ1) is 15.6. The Morgan fingerprint density at radius 3 is 1.86 bits per heavy atom. The minimum Gasteiger partial charge on any atom is -1.00 e. The first-order valence-electron chi connectivity index (χ1n) is 1.55. The van der Waals surface area contributed by atoms with Gasteiger partial charge in [-0.15, -0.1) is 0 Å². The molecule has 1 nitrogen and oxygen atoms in total. The van der Waals surface area contributed by atoms with Crippen LogP contribution in [0.3, 0.4) is 0 Å². The van der Waals surface area contributed by atoms with E-state index in [1.165, 1.54) is 0 Å². The Morgan fingerprint density at radius 2 is 1.86 bits per heavy atom. The quantitative estimate of drug-likeness (QED) is 0.371. The third-order valence-corrected chi connectivity index (χ3v) is 0.272. The van der Waals surface area contributed by atoms with Crippen molar-refractivity contribution in [3.05, 3.63) is 12.3 Å². The standard InChI is InChI=1S/C4H8O.BrH.Zn/c1-3-4-5-2;;/h3-4H,1-2H3;1H;/p-1/b4-3+;;. The van der Waals surface area contributed by atoms with Crippen LogP contribution in [0.1, 0.15) is 6.92 Å².